The van der Waals surface area contributed by atoms with Crippen molar-refractivity contribution in [3.63, 3.8) is 0 Å². The molecule has 0 aliphatic heterocycles. The molecule has 3 aromatic rings. The van der Waals surface area contributed by atoms with Crippen LogP contribution in [0.2, 0.25) is 5.02 Å². The van der Waals surface area contributed by atoms with Crippen LogP contribution in [0.1, 0.15) is 11.1 Å². The van der Waals surface area contributed by atoms with Gasteiger partial charge in [0.05, 0.1) is 20.2 Å². The largest absolute Gasteiger partial charge is 0.496 e. The molecular weight excluding hydrogens is 340 g/mol. The van der Waals surface area contributed by atoms with Gasteiger partial charge in [-0.1, -0.05) is 48.0 Å². The average molecular weight is 357 g/mol. The molecule has 0 saturated heterocycles. The van der Waals surface area contributed by atoms with Crippen LogP contribution >= 0.6 is 11.6 Å². The monoisotopic (exact) mass is 356 g/mol. The maximum absolute atomic E-state index is 12.4. The average Bonchev–Trinajstić information content (AvgIpc) is 2.63. The standard InChI is InChI=1S/C19H17ClN2O3/c1-25-17-9-5-3-7-15(17)13-22-11-10-21(18(23)19(22)24)12-14-6-2-4-8-16(14)20/h2-11H,12-13H2,1H3. The Bertz CT molecular complexity index is 1010. The van der Waals surface area contributed by atoms with Crippen LogP contribution in [0.5, 0.6) is 5.75 Å². The zero-order valence-electron chi connectivity index (χ0n) is 13.7. The number of methoxy groups -OCH3 is 1. The molecule has 0 N–H and O–H groups in total. The number of halogens is 1. The Hall–Kier alpha value is -2.79. The maximum atomic E-state index is 12.4. The first kappa shape index (κ1) is 17.0. The van der Waals surface area contributed by atoms with E-state index in [1.165, 1.54) is 9.13 Å². The van der Waals surface area contributed by atoms with Crippen LogP contribution in [0.15, 0.2) is 70.5 Å². The van der Waals surface area contributed by atoms with Gasteiger partial charge in [0.15, 0.2) is 0 Å². The fourth-order valence-corrected chi connectivity index (χ4v) is 2.81. The number of ether oxygens (including phenoxy) is 1. The fraction of sp³-hybridized carbons (Fsp3) is 0.158. The van der Waals surface area contributed by atoms with Gasteiger partial charge in [-0.3, -0.25) is 9.59 Å². The summed E-state index contributed by atoms with van der Waals surface area (Å²) in [7, 11) is 1.57. The molecule has 0 bridgehead atoms. The lowest BCUT2D eigenvalue weighted by Crippen LogP contribution is -2.40. The summed E-state index contributed by atoms with van der Waals surface area (Å²) in [6, 6.07) is 14.6. The van der Waals surface area contributed by atoms with Crippen molar-refractivity contribution in [3.05, 3.63) is 97.8 Å². The first-order chi connectivity index (χ1) is 12.1. The minimum atomic E-state index is -0.586. The van der Waals surface area contributed by atoms with Crippen molar-refractivity contribution in [2.45, 2.75) is 13.1 Å². The molecule has 0 fully saturated rings. The number of nitrogens with zero attached hydrogens (tertiary/aromatic N) is 2. The highest BCUT2D eigenvalue weighted by atomic mass is 35.5. The van der Waals surface area contributed by atoms with Crippen LogP contribution in [0.25, 0.3) is 0 Å². The molecule has 0 aliphatic rings. The van der Waals surface area contributed by atoms with E-state index < -0.39 is 11.1 Å². The molecule has 25 heavy (non-hydrogen) atoms. The van der Waals surface area contributed by atoms with E-state index in [9.17, 15) is 9.59 Å². The van der Waals surface area contributed by atoms with E-state index >= 15 is 0 Å². The second-order valence-corrected chi connectivity index (χ2v) is 5.97. The number of benzene rings is 2. The molecule has 3 rings (SSSR count). The van der Waals surface area contributed by atoms with E-state index in [0.717, 1.165) is 11.1 Å². The van der Waals surface area contributed by atoms with E-state index in [1.807, 2.05) is 42.5 Å². The van der Waals surface area contributed by atoms with Gasteiger partial charge in [-0.25, -0.2) is 0 Å². The quantitative estimate of drug-likeness (QED) is 0.660. The number of rotatable bonds is 5. The van der Waals surface area contributed by atoms with E-state index in [0.29, 0.717) is 10.8 Å². The Kier molecular flexibility index (Phi) is 5.05. The SMILES string of the molecule is COc1ccccc1Cn1ccn(Cc2ccccc2Cl)c(=O)c1=O. The van der Waals surface area contributed by atoms with Gasteiger partial charge in [0.1, 0.15) is 5.75 Å². The number of para-hydroxylation sites is 1. The number of hydrogen-bond acceptors (Lipinski definition) is 3. The second-order valence-electron chi connectivity index (χ2n) is 5.57. The van der Waals surface area contributed by atoms with Gasteiger partial charge in [0, 0.05) is 23.0 Å². The summed E-state index contributed by atoms with van der Waals surface area (Å²) in [5.41, 5.74) is 0.446. The summed E-state index contributed by atoms with van der Waals surface area (Å²) in [6.45, 7) is 0.522. The molecule has 0 radical (unpaired) electrons. The third-order valence-corrected chi connectivity index (χ3v) is 4.33. The summed E-state index contributed by atoms with van der Waals surface area (Å²) < 4.78 is 8.03. The predicted octanol–water partition coefficient (Wildman–Crippen LogP) is 2.77. The maximum Gasteiger partial charge on any atom is 0.316 e. The molecule has 128 valence electrons. The van der Waals surface area contributed by atoms with Crippen molar-refractivity contribution in [2.75, 3.05) is 7.11 Å². The van der Waals surface area contributed by atoms with Crippen LogP contribution in [-0.2, 0) is 13.1 Å². The van der Waals surface area contributed by atoms with Crippen LogP contribution in [0.4, 0.5) is 0 Å². The van der Waals surface area contributed by atoms with Gasteiger partial charge in [-0.05, 0) is 17.7 Å². The molecular formula is C19H17ClN2O3. The molecule has 5 nitrogen and oxygen atoms in total. The number of hydrogen-bond donors (Lipinski definition) is 0. The van der Waals surface area contributed by atoms with Gasteiger partial charge < -0.3 is 13.9 Å². The third-order valence-electron chi connectivity index (χ3n) is 3.96. The van der Waals surface area contributed by atoms with Gasteiger partial charge in [0.25, 0.3) is 0 Å². The fourth-order valence-electron chi connectivity index (χ4n) is 2.62. The van der Waals surface area contributed by atoms with Crippen LogP contribution in [-0.4, -0.2) is 16.2 Å². The minimum Gasteiger partial charge on any atom is -0.496 e. The van der Waals surface area contributed by atoms with E-state index in [-0.39, 0.29) is 13.1 Å². The summed E-state index contributed by atoms with van der Waals surface area (Å²) in [4.78, 5) is 24.8. The summed E-state index contributed by atoms with van der Waals surface area (Å²) in [5.74, 6) is 0.676. The van der Waals surface area contributed by atoms with E-state index in [1.54, 1.807) is 25.6 Å². The van der Waals surface area contributed by atoms with Crippen molar-refractivity contribution in [3.8, 4) is 5.75 Å². The Morgan fingerprint density at radius 1 is 0.840 bits per heavy atom. The molecule has 0 unspecified atom stereocenters. The number of aromatic nitrogens is 2. The van der Waals surface area contributed by atoms with Gasteiger partial charge in [-0.15, -0.1) is 0 Å². The molecule has 0 spiro atoms. The van der Waals surface area contributed by atoms with Gasteiger partial charge in [-0.2, -0.15) is 0 Å². The third kappa shape index (κ3) is 3.67. The second kappa shape index (κ2) is 7.40. The highest BCUT2D eigenvalue weighted by Gasteiger charge is 2.09. The lowest BCUT2D eigenvalue weighted by atomic mass is 10.2. The van der Waals surface area contributed by atoms with Crippen molar-refractivity contribution >= 4 is 11.6 Å². The summed E-state index contributed by atoms with van der Waals surface area (Å²) in [5, 5.41) is 0.563. The first-order valence-corrected chi connectivity index (χ1v) is 8.13. The van der Waals surface area contributed by atoms with E-state index in [2.05, 4.69) is 0 Å². The molecule has 2 aromatic carbocycles. The van der Waals surface area contributed by atoms with Crippen LogP contribution < -0.4 is 15.9 Å². The smallest absolute Gasteiger partial charge is 0.316 e. The van der Waals surface area contributed by atoms with Gasteiger partial charge >= 0.3 is 11.1 Å². The molecule has 0 aliphatic carbocycles. The first-order valence-electron chi connectivity index (χ1n) is 7.75. The van der Waals surface area contributed by atoms with Crippen molar-refractivity contribution in [1.82, 2.24) is 9.13 Å². The van der Waals surface area contributed by atoms with Crippen LogP contribution in [0, 0.1) is 0 Å². The predicted molar refractivity (Wildman–Crippen MR) is 97.6 cm³/mol. The topological polar surface area (TPSA) is 53.2 Å². The van der Waals surface area contributed by atoms with E-state index in [4.69, 9.17) is 16.3 Å². The molecule has 0 amide bonds. The lowest BCUT2D eigenvalue weighted by molar-refractivity contribution is 0.408. The minimum absolute atomic E-state index is 0.253. The van der Waals surface area contributed by atoms with Crippen molar-refractivity contribution < 1.29 is 4.74 Å². The Labute approximate surface area is 149 Å². The molecule has 6 heteroatoms. The van der Waals surface area contributed by atoms with Crippen molar-refractivity contribution in [1.29, 1.82) is 0 Å². The summed E-state index contributed by atoms with van der Waals surface area (Å²) in [6.07, 6.45) is 3.20. The normalized spacial score (nSPS) is 10.6. The lowest BCUT2D eigenvalue weighted by Gasteiger charge is -2.12. The van der Waals surface area contributed by atoms with Crippen molar-refractivity contribution in [2.24, 2.45) is 0 Å². The molecule has 1 heterocycles. The molecule has 0 saturated carbocycles. The molecule has 0 atom stereocenters. The highest BCUT2D eigenvalue weighted by molar-refractivity contribution is 6.31. The Balaban J connectivity index is 1.92. The van der Waals surface area contributed by atoms with Gasteiger partial charge in [0.2, 0.25) is 0 Å². The Morgan fingerprint density at radius 3 is 1.96 bits per heavy atom. The zero-order valence-corrected chi connectivity index (χ0v) is 14.4. The Morgan fingerprint density at radius 2 is 1.36 bits per heavy atom. The zero-order chi connectivity index (χ0) is 17.8. The van der Waals surface area contributed by atoms with Crippen LogP contribution in [0.3, 0.4) is 0 Å². The molecule has 1 aromatic heterocycles. The summed E-state index contributed by atoms with van der Waals surface area (Å²) >= 11 is 6.13. The highest BCUT2D eigenvalue weighted by Crippen LogP contribution is 2.18.